The van der Waals surface area contributed by atoms with E-state index in [-0.39, 0.29) is 12.5 Å². The monoisotopic (exact) mass is 266 g/mol. The standard InChI is InChI=1S/C13H15ClN2O2/c1-3-8-16(9-7-15)13(17)12-10(14)5-4-6-11(12)18-2/h4-6H,3,8-9H2,1-2H3. The predicted molar refractivity (Wildman–Crippen MR) is 69.8 cm³/mol. The molecule has 0 saturated heterocycles. The molecule has 1 aromatic rings. The molecule has 96 valence electrons. The van der Waals surface area contributed by atoms with Gasteiger partial charge in [0.25, 0.3) is 5.91 Å². The van der Waals surface area contributed by atoms with Crippen LogP contribution in [0.2, 0.25) is 5.02 Å². The van der Waals surface area contributed by atoms with Crippen molar-refractivity contribution in [3.63, 3.8) is 0 Å². The average molecular weight is 267 g/mol. The van der Waals surface area contributed by atoms with Gasteiger partial charge in [0.05, 0.1) is 18.2 Å². The lowest BCUT2D eigenvalue weighted by Gasteiger charge is -2.20. The molecule has 0 aliphatic carbocycles. The van der Waals surface area contributed by atoms with E-state index in [2.05, 4.69) is 0 Å². The minimum absolute atomic E-state index is 0.0427. The molecule has 0 unspecified atom stereocenters. The van der Waals surface area contributed by atoms with Gasteiger partial charge in [0, 0.05) is 6.54 Å². The molecule has 5 heteroatoms. The zero-order valence-corrected chi connectivity index (χ0v) is 11.2. The fourth-order valence-corrected chi connectivity index (χ4v) is 1.89. The first-order valence-corrected chi connectivity index (χ1v) is 6.02. The Morgan fingerprint density at radius 3 is 2.83 bits per heavy atom. The topological polar surface area (TPSA) is 53.3 Å². The van der Waals surface area contributed by atoms with Crippen molar-refractivity contribution in [1.29, 1.82) is 5.26 Å². The van der Waals surface area contributed by atoms with Crippen LogP contribution in [-0.4, -0.2) is 31.0 Å². The summed E-state index contributed by atoms with van der Waals surface area (Å²) in [5.41, 5.74) is 0.311. The lowest BCUT2D eigenvalue weighted by Crippen LogP contribution is -2.32. The van der Waals surface area contributed by atoms with Crippen LogP contribution in [0.5, 0.6) is 5.75 Å². The molecular weight excluding hydrogens is 252 g/mol. The third-order valence-corrected chi connectivity index (χ3v) is 2.77. The van der Waals surface area contributed by atoms with E-state index in [4.69, 9.17) is 21.6 Å². The molecule has 0 atom stereocenters. The summed E-state index contributed by atoms with van der Waals surface area (Å²) in [6.07, 6.45) is 0.778. The maximum atomic E-state index is 12.3. The molecule has 1 amide bonds. The van der Waals surface area contributed by atoms with Crippen molar-refractivity contribution in [2.24, 2.45) is 0 Å². The number of nitriles is 1. The van der Waals surface area contributed by atoms with Gasteiger partial charge in [-0.3, -0.25) is 4.79 Å². The van der Waals surface area contributed by atoms with Crippen LogP contribution >= 0.6 is 11.6 Å². The normalized spacial score (nSPS) is 9.67. The van der Waals surface area contributed by atoms with Crippen molar-refractivity contribution in [2.75, 3.05) is 20.2 Å². The van der Waals surface area contributed by atoms with E-state index in [0.717, 1.165) is 6.42 Å². The molecule has 0 fully saturated rings. The molecule has 4 nitrogen and oxygen atoms in total. The summed E-state index contributed by atoms with van der Waals surface area (Å²) in [5, 5.41) is 9.08. The molecule has 0 radical (unpaired) electrons. The van der Waals surface area contributed by atoms with E-state index >= 15 is 0 Å². The van der Waals surface area contributed by atoms with Crippen LogP contribution < -0.4 is 4.74 Å². The summed E-state index contributed by atoms with van der Waals surface area (Å²) in [6, 6.07) is 7.01. The number of carbonyl (C=O) groups excluding carboxylic acids is 1. The van der Waals surface area contributed by atoms with Gasteiger partial charge in [0.1, 0.15) is 17.9 Å². The van der Waals surface area contributed by atoms with Crippen molar-refractivity contribution in [2.45, 2.75) is 13.3 Å². The Bertz CT molecular complexity index is 469. The van der Waals surface area contributed by atoms with Gasteiger partial charge in [0.2, 0.25) is 0 Å². The van der Waals surface area contributed by atoms with E-state index in [0.29, 0.717) is 22.9 Å². The Labute approximate surface area is 112 Å². The summed E-state index contributed by atoms with van der Waals surface area (Å²) in [6.45, 7) is 2.50. The van der Waals surface area contributed by atoms with Crippen LogP contribution in [-0.2, 0) is 0 Å². The molecular formula is C13H15ClN2O2. The number of nitrogens with zero attached hydrogens (tertiary/aromatic N) is 2. The lowest BCUT2D eigenvalue weighted by molar-refractivity contribution is 0.0773. The molecule has 0 aliphatic heterocycles. The second-order valence-corrected chi connectivity index (χ2v) is 4.11. The van der Waals surface area contributed by atoms with E-state index in [1.807, 2.05) is 13.0 Å². The maximum Gasteiger partial charge on any atom is 0.260 e. The molecule has 0 N–H and O–H groups in total. The summed E-state index contributed by atoms with van der Waals surface area (Å²) in [5.74, 6) is 0.146. The smallest absolute Gasteiger partial charge is 0.260 e. The number of rotatable bonds is 5. The predicted octanol–water partition coefficient (Wildman–Crippen LogP) is 2.72. The van der Waals surface area contributed by atoms with Gasteiger partial charge in [0.15, 0.2) is 0 Å². The van der Waals surface area contributed by atoms with Crippen LogP contribution in [0.4, 0.5) is 0 Å². The summed E-state index contributed by atoms with van der Waals surface area (Å²) >= 11 is 6.04. The highest BCUT2D eigenvalue weighted by atomic mass is 35.5. The molecule has 0 aromatic heterocycles. The Kier molecular flexibility index (Phi) is 5.47. The summed E-state index contributed by atoms with van der Waals surface area (Å²) in [4.78, 5) is 13.8. The van der Waals surface area contributed by atoms with Gasteiger partial charge in [-0.25, -0.2) is 0 Å². The lowest BCUT2D eigenvalue weighted by atomic mass is 10.1. The fraction of sp³-hybridized carbons (Fsp3) is 0.385. The molecule has 18 heavy (non-hydrogen) atoms. The number of halogens is 1. The van der Waals surface area contributed by atoms with Crippen LogP contribution in [0.15, 0.2) is 18.2 Å². The van der Waals surface area contributed by atoms with E-state index < -0.39 is 0 Å². The second kappa shape index (κ2) is 6.87. The third-order valence-electron chi connectivity index (χ3n) is 2.45. The number of methoxy groups -OCH3 is 1. The van der Waals surface area contributed by atoms with Gasteiger partial charge >= 0.3 is 0 Å². The van der Waals surface area contributed by atoms with Gasteiger partial charge in [-0.05, 0) is 18.6 Å². The van der Waals surface area contributed by atoms with E-state index in [1.54, 1.807) is 18.2 Å². The quantitative estimate of drug-likeness (QED) is 0.770. The fourth-order valence-electron chi connectivity index (χ4n) is 1.65. The average Bonchev–Trinajstić information content (AvgIpc) is 2.37. The SMILES string of the molecule is CCCN(CC#N)C(=O)c1c(Cl)cccc1OC. The minimum atomic E-state index is -0.277. The highest BCUT2D eigenvalue weighted by Crippen LogP contribution is 2.27. The summed E-state index contributed by atoms with van der Waals surface area (Å²) < 4.78 is 5.14. The number of hydrogen-bond acceptors (Lipinski definition) is 3. The molecule has 0 bridgehead atoms. The van der Waals surface area contributed by atoms with Crippen molar-refractivity contribution in [1.82, 2.24) is 4.90 Å². The molecule has 0 saturated carbocycles. The Morgan fingerprint density at radius 2 is 2.28 bits per heavy atom. The van der Waals surface area contributed by atoms with Crippen molar-refractivity contribution in [3.05, 3.63) is 28.8 Å². The van der Waals surface area contributed by atoms with Gasteiger partial charge in [-0.1, -0.05) is 24.6 Å². The molecule has 1 rings (SSSR count). The Hall–Kier alpha value is -1.73. The van der Waals surface area contributed by atoms with Crippen LogP contribution in [0.3, 0.4) is 0 Å². The third kappa shape index (κ3) is 3.14. The first-order valence-electron chi connectivity index (χ1n) is 5.64. The van der Waals surface area contributed by atoms with Crippen LogP contribution in [0.25, 0.3) is 0 Å². The van der Waals surface area contributed by atoms with Crippen LogP contribution in [0, 0.1) is 11.3 Å². The number of benzene rings is 1. The highest BCUT2D eigenvalue weighted by Gasteiger charge is 2.21. The Morgan fingerprint density at radius 1 is 1.56 bits per heavy atom. The van der Waals surface area contributed by atoms with Gasteiger partial charge < -0.3 is 9.64 Å². The molecule has 1 aromatic carbocycles. The van der Waals surface area contributed by atoms with Gasteiger partial charge in [-0.15, -0.1) is 0 Å². The minimum Gasteiger partial charge on any atom is -0.496 e. The zero-order chi connectivity index (χ0) is 13.5. The summed E-state index contributed by atoms with van der Waals surface area (Å²) in [7, 11) is 1.48. The number of amides is 1. The van der Waals surface area contributed by atoms with Gasteiger partial charge in [-0.2, -0.15) is 5.26 Å². The van der Waals surface area contributed by atoms with Crippen molar-refractivity contribution >= 4 is 17.5 Å². The van der Waals surface area contributed by atoms with E-state index in [1.165, 1.54) is 12.0 Å². The first-order chi connectivity index (χ1) is 8.65. The van der Waals surface area contributed by atoms with Crippen LogP contribution in [0.1, 0.15) is 23.7 Å². The molecule has 0 spiro atoms. The first kappa shape index (κ1) is 14.3. The number of hydrogen-bond donors (Lipinski definition) is 0. The Balaban J connectivity index is 3.12. The molecule has 0 heterocycles. The maximum absolute atomic E-state index is 12.3. The highest BCUT2D eigenvalue weighted by molar-refractivity contribution is 6.34. The number of ether oxygens (including phenoxy) is 1. The second-order valence-electron chi connectivity index (χ2n) is 3.70. The van der Waals surface area contributed by atoms with E-state index in [9.17, 15) is 4.79 Å². The molecule has 0 aliphatic rings. The van der Waals surface area contributed by atoms with Crippen molar-refractivity contribution in [3.8, 4) is 11.8 Å². The zero-order valence-electron chi connectivity index (χ0n) is 10.4. The van der Waals surface area contributed by atoms with Crippen molar-refractivity contribution < 1.29 is 9.53 Å². The number of carbonyl (C=O) groups is 1. The largest absolute Gasteiger partial charge is 0.496 e.